The maximum absolute atomic E-state index is 12.7. The van der Waals surface area contributed by atoms with Crippen LogP contribution in [0.3, 0.4) is 0 Å². The minimum Gasteiger partial charge on any atom is -0.473 e. The van der Waals surface area contributed by atoms with E-state index in [1.807, 2.05) is 23.9 Å². The first-order chi connectivity index (χ1) is 12.2. The van der Waals surface area contributed by atoms with Crippen molar-refractivity contribution < 1.29 is 9.53 Å². The molecule has 128 valence electrons. The second-order valence-electron chi connectivity index (χ2n) is 5.54. The fourth-order valence-corrected chi connectivity index (χ4v) is 4.77. The molecule has 25 heavy (non-hydrogen) atoms. The van der Waals surface area contributed by atoms with Crippen molar-refractivity contribution in [2.24, 2.45) is 0 Å². The fourth-order valence-electron chi connectivity index (χ4n) is 2.54. The van der Waals surface area contributed by atoms with Gasteiger partial charge in [-0.15, -0.1) is 0 Å². The van der Waals surface area contributed by atoms with Crippen LogP contribution in [0.2, 0.25) is 5.02 Å². The molecule has 1 N–H and O–H groups in total. The van der Waals surface area contributed by atoms with Gasteiger partial charge in [0.2, 0.25) is 5.88 Å². The zero-order valence-corrected chi connectivity index (χ0v) is 15.5. The number of amides is 1. The molecule has 1 unspecified atom stereocenters. The monoisotopic (exact) mass is 391 g/mol. The first kappa shape index (κ1) is 16.6. The van der Waals surface area contributed by atoms with E-state index in [4.69, 9.17) is 16.3 Å². The predicted molar refractivity (Wildman–Crippen MR) is 103 cm³/mol. The molecule has 3 heterocycles. The molecule has 1 aromatic carbocycles. The van der Waals surface area contributed by atoms with Crippen molar-refractivity contribution in [1.29, 1.82) is 0 Å². The van der Waals surface area contributed by atoms with E-state index >= 15 is 0 Å². The van der Waals surface area contributed by atoms with Crippen molar-refractivity contribution in [3.8, 4) is 5.88 Å². The Morgan fingerprint density at radius 1 is 1.36 bits per heavy atom. The van der Waals surface area contributed by atoms with E-state index in [1.165, 1.54) is 11.3 Å². The lowest BCUT2D eigenvalue weighted by atomic mass is 10.2. The van der Waals surface area contributed by atoms with Crippen LogP contribution in [0.1, 0.15) is 16.8 Å². The number of benzene rings is 1. The Balaban J connectivity index is 1.55. The molecule has 1 aliphatic heterocycles. The molecule has 0 bridgehead atoms. The standard InChI is InChI=1S/C17H14ClN3O2S2/c18-10-3-4-13-14(8-10)25-17(20-13)21-15(22)12-2-1-6-19-16(12)23-11-5-7-24-9-11/h1-4,6,8,11H,5,7,9H2,(H,20,21,22). The van der Waals surface area contributed by atoms with Crippen LogP contribution >= 0.6 is 34.7 Å². The maximum Gasteiger partial charge on any atom is 0.262 e. The molecule has 1 aliphatic rings. The largest absolute Gasteiger partial charge is 0.473 e. The highest BCUT2D eigenvalue weighted by molar-refractivity contribution is 7.99. The smallest absolute Gasteiger partial charge is 0.262 e. The molecule has 1 atom stereocenters. The van der Waals surface area contributed by atoms with E-state index in [1.54, 1.807) is 24.4 Å². The highest BCUT2D eigenvalue weighted by atomic mass is 35.5. The first-order valence-corrected chi connectivity index (χ1v) is 10.1. The highest BCUT2D eigenvalue weighted by Gasteiger charge is 2.22. The summed E-state index contributed by atoms with van der Waals surface area (Å²) in [6, 6.07) is 8.88. The van der Waals surface area contributed by atoms with E-state index in [9.17, 15) is 4.79 Å². The van der Waals surface area contributed by atoms with Gasteiger partial charge in [0.15, 0.2) is 5.13 Å². The molecule has 1 fully saturated rings. The van der Waals surface area contributed by atoms with Crippen LogP contribution < -0.4 is 10.1 Å². The third kappa shape index (κ3) is 3.73. The van der Waals surface area contributed by atoms with Gasteiger partial charge in [-0.25, -0.2) is 9.97 Å². The number of nitrogens with zero attached hydrogens (tertiary/aromatic N) is 2. The SMILES string of the molecule is O=C(Nc1nc2ccc(Cl)cc2s1)c1cccnc1OC1CCSC1. The third-order valence-corrected chi connectivity index (χ3v) is 6.05. The summed E-state index contributed by atoms with van der Waals surface area (Å²) in [5.41, 5.74) is 1.21. The Morgan fingerprint density at radius 2 is 2.28 bits per heavy atom. The van der Waals surface area contributed by atoms with Gasteiger partial charge >= 0.3 is 0 Å². The maximum atomic E-state index is 12.7. The van der Waals surface area contributed by atoms with Crippen LogP contribution in [0, 0.1) is 0 Å². The van der Waals surface area contributed by atoms with E-state index < -0.39 is 0 Å². The number of rotatable bonds is 4. The number of nitrogens with one attached hydrogen (secondary N) is 1. The minimum atomic E-state index is -0.279. The van der Waals surface area contributed by atoms with Gasteiger partial charge in [-0.05, 0) is 42.5 Å². The Kier molecular flexibility index (Phi) is 4.78. The minimum absolute atomic E-state index is 0.107. The summed E-state index contributed by atoms with van der Waals surface area (Å²) in [5.74, 6) is 2.10. The first-order valence-electron chi connectivity index (χ1n) is 7.76. The van der Waals surface area contributed by atoms with Crippen molar-refractivity contribution in [2.75, 3.05) is 16.8 Å². The van der Waals surface area contributed by atoms with E-state index in [2.05, 4.69) is 15.3 Å². The number of aromatic nitrogens is 2. The van der Waals surface area contributed by atoms with Crippen molar-refractivity contribution in [3.63, 3.8) is 0 Å². The Morgan fingerprint density at radius 3 is 3.12 bits per heavy atom. The number of thiazole rings is 1. The zero-order valence-electron chi connectivity index (χ0n) is 13.1. The zero-order chi connectivity index (χ0) is 17.2. The number of thioether (sulfide) groups is 1. The summed E-state index contributed by atoms with van der Waals surface area (Å²) in [4.78, 5) is 21.3. The van der Waals surface area contributed by atoms with Crippen molar-refractivity contribution in [2.45, 2.75) is 12.5 Å². The van der Waals surface area contributed by atoms with Gasteiger partial charge in [-0.2, -0.15) is 11.8 Å². The van der Waals surface area contributed by atoms with Gasteiger partial charge in [0.1, 0.15) is 11.7 Å². The van der Waals surface area contributed by atoms with Gasteiger partial charge in [-0.3, -0.25) is 10.1 Å². The van der Waals surface area contributed by atoms with Gasteiger partial charge < -0.3 is 4.74 Å². The molecule has 5 nitrogen and oxygen atoms in total. The van der Waals surface area contributed by atoms with E-state index in [-0.39, 0.29) is 12.0 Å². The summed E-state index contributed by atoms with van der Waals surface area (Å²) in [6.45, 7) is 0. The number of halogens is 1. The lowest BCUT2D eigenvalue weighted by Crippen LogP contribution is -2.20. The molecule has 0 spiro atoms. The van der Waals surface area contributed by atoms with Crippen LogP contribution in [0.15, 0.2) is 36.5 Å². The molecule has 1 amide bonds. The molecule has 1 saturated heterocycles. The molecular weight excluding hydrogens is 378 g/mol. The average Bonchev–Trinajstić information content (AvgIpc) is 3.24. The van der Waals surface area contributed by atoms with Crippen LogP contribution in [0.5, 0.6) is 5.88 Å². The normalized spacial score (nSPS) is 16.9. The summed E-state index contributed by atoms with van der Waals surface area (Å²) in [6.07, 6.45) is 2.71. The van der Waals surface area contributed by atoms with Crippen molar-refractivity contribution in [3.05, 3.63) is 47.1 Å². The average molecular weight is 392 g/mol. The number of hydrogen-bond donors (Lipinski definition) is 1. The molecule has 0 aliphatic carbocycles. The molecule has 0 saturated carbocycles. The number of hydrogen-bond acceptors (Lipinski definition) is 6. The Labute approximate surface area is 157 Å². The summed E-state index contributed by atoms with van der Waals surface area (Å²) < 4.78 is 6.84. The number of ether oxygens (including phenoxy) is 1. The van der Waals surface area contributed by atoms with Gasteiger partial charge in [-0.1, -0.05) is 22.9 Å². The topological polar surface area (TPSA) is 64.1 Å². The van der Waals surface area contributed by atoms with Crippen LogP contribution in [0.4, 0.5) is 5.13 Å². The number of anilines is 1. The Hall–Kier alpha value is -1.83. The molecule has 4 rings (SSSR count). The van der Waals surface area contributed by atoms with Crippen LogP contribution in [-0.4, -0.2) is 33.5 Å². The van der Waals surface area contributed by atoms with E-state index in [0.29, 0.717) is 21.6 Å². The third-order valence-electron chi connectivity index (χ3n) is 3.75. The second kappa shape index (κ2) is 7.19. The number of fused-ring (bicyclic) bond motifs is 1. The Bertz CT molecular complexity index is 925. The van der Waals surface area contributed by atoms with Gasteiger partial charge in [0.25, 0.3) is 5.91 Å². The van der Waals surface area contributed by atoms with Crippen LogP contribution in [0.25, 0.3) is 10.2 Å². The highest BCUT2D eigenvalue weighted by Crippen LogP contribution is 2.29. The summed E-state index contributed by atoms with van der Waals surface area (Å²) in [5, 5.41) is 4.00. The molecule has 3 aromatic rings. The van der Waals surface area contributed by atoms with Gasteiger partial charge in [0, 0.05) is 17.0 Å². The lowest BCUT2D eigenvalue weighted by molar-refractivity contribution is 0.101. The van der Waals surface area contributed by atoms with Crippen LogP contribution in [-0.2, 0) is 0 Å². The summed E-state index contributed by atoms with van der Waals surface area (Å²) in [7, 11) is 0. The predicted octanol–water partition coefficient (Wildman–Crippen LogP) is 4.48. The quantitative estimate of drug-likeness (QED) is 0.710. The summed E-state index contributed by atoms with van der Waals surface area (Å²) >= 11 is 9.23. The molecule has 0 radical (unpaired) electrons. The number of carbonyl (C=O) groups excluding carboxylic acids is 1. The van der Waals surface area contributed by atoms with Crippen molar-refractivity contribution >= 4 is 56.0 Å². The fraction of sp³-hybridized carbons (Fsp3) is 0.235. The molecule has 2 aromatic heterocycles. The second-order valence-corrected chi connectivity index (χ2v) is 8.16. The molecular formula is C17H14ClN3O2S2. The lowest BCUT2D eigenvalue weighted by Gasteiger charge is -2.14. The number of pyridine rings is 1. The van der Waals surface area contributed by atoms with Gasteiger partial charge in [0.05, 0.1) is 10.2 Å². The van der Waals surface area contributed by atoms with Crippen molar-refractivity contribution in [1.82, 2.24) is 9.97 Å². The number of carbonyl (C=O) groups is 1. The molecule has 8 heteroatoms. The van der Waals surface area contributed by atoms with E-state index in [0.717, 1.165) is 28.1 Å².